The van der Waals surface area contributed by atoms with Crippen molar-refractivity contribution in [2.75, 3.05) is 27.3 Å². The number of fused-ring (bicyclic) bond motifs is 2. The number of carbonyl (C=O) groups is 1. The quantitative estimate of drug-likeness (QED) is 0.689. The number of hydrogen-bond donors (Lipinski definition) is 1. The number of aromatic nitrogens is 1. The zero-order valence-electron chi connectivity index (χ0n) is 16.6. The summed E-state index contributed by atoms with van der Waals surface area (Å²) in [5, 5.41) is 1.33. The van der Waals surface area contributed by atoms with Crippen LogP contribution in [0.2, 0.25) is 0 Å². The largest absolute Gasteiger partial charge is 0.497 e. The van der Waals surface area contributed by atoms with Crippen LogP contribution in [0.5, 0.6) is 5.75 Å². The average molecular weight is 388 g/mol. The summed E-state index contributed by atoms with van der Waals surface area (Å²) in [5.41, 5.74) is 5.72. The molecule has 0 unspecified atom stereocenters. The van der Waals surface area contributed by atoms with Crippen LogP contribution in [-0.4, -0.2) is 49.2 Å². The molecule has 1 aromatic heterocycles. The van der Waals surface area contributed by atoms with Gasteiger partial charge in [0.15, 0.2) is 0 Å². The van der Waals surface area contributed by atoms with Gasteiger partial charge < -0.3 is 14.5 Å². The molecule has 0 radical (unpaired) electrons. The number of likely N-dealkylation sites (N-methyl/N-ethyl adjacent to an activating group) is 1. The van der Waals surface area contributed by atoms with Crippen LogP contribution in [0.3, 0.4) is 0 Å². The molecule has 5 heteroatoms. The normalized spacial score (nSPS) is 20.8. The Kier molecular flexibility index (Phi) is 4.40. The predicted octanol–water partition coefficient (Wildman–Crippen LogP) is 3.90. The van der Waals surface area contributed by atoms with Crippen molar-refractivity contribution in [2.24, 2.45) is 5.92 Å². The average Bonchev–Trinajstić information content (AvgIpc) is 3.17. The molecule has 1 N–H and O–H groups in total. The monoisotopic (exact) mass is 388 g/mol. The number of H-pyrrole nitrogens is 1. The molecule has 1 aliphatic carbocycles. The fourth-order valence-corrected chi connectivity index (χ4v) is 4.67. The van der Waals surface area contributed by atoms with Gasteiger partial charge in [0, 0.05) is 35.6 Å². The molecule has 0 amide bonds. The fourth-order valence-electron chi connectivity index (χ4n) is 4.67. The number of nitrogens with one attached hydrogen (secondary N) is 1. The van der Waals surface area contributed by atoms with E-state index in [4.69, 9.17) is 9.47 Å². The van der Waals surface area contributed by atoms with Crippen molar-refractivity contribution in [1.29, 1.82) is 0 Å². The lowest BCUT2D eigenvalue weighted by atomic mass is 9.80. The zero-order valence-corrected chi connectivity index (χ0v) is 16.6. The highest BCUT2D eigenvalue weighted by atomic mass is 16.5. The third kappa shape index (κ3) is 3.12. The minimum Gasteiger partial charge on any atom is -0.497 e. The maximum Gasteiger partial charge on any atom is 0.338 e. The molecule has 148 valence electrons. The molecule has 2 aliphatic rings. The van der Waals surface area contributed by atoms with Gasteiger partial charge in [-0.3, -0.25) is 4.90 Å². The highest BCUT2D eigenvalue weighted by Crippen LogP contribution is 2.40. The van der Waals surface area contributed by atoms with Crippen LogP contribution in [0.1, 0.15) is 21.5 Å². The minimum absolute atomic E-state index is 0.163. The molecule has 2 atom stereocenters. The van der Waals surface area contributed by atoms with E-state index >= 15 is 0 Å². The second-order valence-corrected chi connectivity index (χ2v) is 7.91. The van der Waals surface area contributed by atoms with E-state index in [1.807, 2.05) is 6.07 Å². The first-order valence-corrected chi connectivity index (χ1v) is 9.96. The van der Waals surface area contributed by atoms with Crippen LogP contribution in [0.15, 0.2) is 54.7 Å². The van der Waals surface area contributed by atoms with Crippen LogP contribution >= 0.6 is 0 Å². The van der Waals surface area contributed by atoms with Crippen molar-refractivity contribution >= 4 is 22.4 Å². The first-order chi connectivity index (χ1) is 14.1. The van der Waals surface area contributed by atoms with E-state index in [2.05, 4.69) is 47.4 Å². The molecule has 0 saturated heterocycles. The van der Waals surface area contributed by atoms with Crippen LogP contribution in [0.25, 0.3) is 16.5 Å². The topological polar surface area (TPSA) is 54.6 Å². The lowest BCUT2D eigenvalue weighted by molar-refractivity contribution is 0.0435. The molecule has 3 aromatic rings. The summed E-state index contributed by atoms with van der Waals surface area (Å²) in [5.74, 6) is 0.502. The molecule has 0 bridgehead atoms. The Balaban J connectivity index is 1.38. The molecule has 5 nitrogen and oxygen atoms in total. The zero-order chi connectivity index (χ0) is 20.0. The Hall–Kier alpha value is -3.05. The van der Waals surface area contributed by atoms with Crippen LogP contribution in [0, 0.1) is 5.92 Å². The second-order valence-electron chi connectivity index (χ2n) is 7.91. The van der Waals surface area contributed by atoms with Gasteiger partial charge in [-0.1, -0.05) is 24.3 Å². The van der Waals surface area contributed by atoms with Gasteiger partial charge >= 0.3 is 5.97 Å². The fraction of sp³-hybridized carbons (Fsp3) is 0.292. The third-order valence-corrected chi connectivity index (χ3v) is 6.07. The summed E-state index contributed by atoms with van der Waals surface area (Å²) in [6, 6.07) is 13.9. The second kappa shape index (κ2) is 7.08. The molecule has 5 rings (SSSR count). The van der Waals surface area contributed by atoms with Gasteiger partial charge in [-0.2, -0.15) is 0 Å². The molecule has 1 aliphatic heterocycles. The van der Waals surface area contributed by atoms with Crippen molar-refractivity contribution in [3.05, 3.63) is 71.4 Å². The lowest BCUT2D eigenvalue weighted by Gasteiger charge is -2.39. The summed E-state index contributed by atoms with van der Waals surface area (Å²) in [4.78, 5) is 18.3. The first kappa shape index (κ1) is 18.0. The van der Waals surface area contributed by atoms with Crippen LogP contribution in [-0.2, 0) is 11.2 Å². The van der Waals surface area contributed by atoms with Crippen molar-refractivity contribution in [2.45, 2.75) is 12.5 Å². The highest BCUT2D eigenvalue weighted by Gasteiger charge is 2.33. The molecular formula is C24H24N2O3. The van der Waals surface area contributed by atoms with E-state index in [0.717, 1.165) is 13.0 Å². The van der Waals surface area contributed by atoms with Gasteiger partial charge in [-0.15, -0.1) is 0 Å². The number of esters is 1. The van der Waals surface area contributed by atoms with Gasteiger partial charge in [0.25, 0.3) is 0 Å². The molecule has 0 saturated carbocycles. The van der Waals surface area contributed by atoms with Gasteiger partial charge in [0.05, 0.1) is 19.3 Å². The molecule has 0 fully saturated rings. The first-order valence-electron chi connectivity index (χ1n) is 9.96. The minimum atomic E-state index is -0.314. The number of nitrogens with zero attached hydrogens (tertiary/aromatic N) is 1. The Morgan fingerprint density at radius 3 is 2.97 bits per heavy atom. The van der Waals surface area contributed by atoms with Gasteiger partial charge in [-0.25, -0.2) is 4.79 Å². The Bertz CT molecular complexity index is 1110. The summed E-state index contributed by atoms with van der Waals surface area (Å²) >= 11 is 0. The standard InChI is InChI=1S/C24H24N2O3/c1-26-13-15(14-29-24(27)16-5-3-6-18(10-16)28-2)9-20-19-7-4-8-21-23(19)17(12-25-21)11-22(20)26/h3-10,12,15,22,25H,11,13-14H2,1-2H3/t15-,22-/m1/s1. The van der Waals surface area contributed by atoms with E-state index < -0.39 is 0 Å². The maximum atomic E-state index is 12.5. The molecule has 2 heterocycles. The van der Waals surface area contributed by atoms with Crippen molar-refractivity contribution in [3.63, 3.8) is 0 Å². The van der Waals surface area contributed by atoms with E-state index in [1.165, 1.54) is 27.6 Å². The molecule has 29 heavy (non-hydrogen) atoms. The Morgan fingerprint density at radius 1 is 1.24 bits per heavy atom. The van der Waals surface area contributed by atoms with Crippen molar-refractivity contribution in [3.8, 4) is 5.75 Å². The van der Waals surface area contributed by atoms with E-state index in [0.29, 0.717) is 24.0 Å². The smallest absolute Gasteiger partial charge is 0.338 e. The third-order valence-electron chi connectivity index (χ3n) is 6.07. The maximum absolute atomic E-state index is 12.5. The summed E-state index contributed by atoms with van der Waals surface area (Å²) in [6.45, 7) is 1.24. The highest BCUT2D eigenvalue weighted by molar-refractivity contribution is 5.98. The van der Waals surface area contributed by atoms with Gasteiger partial charge in [-0.05, 0) is 54.4 Å². The summed E-state index contributed by atoms with van der Waals surface area (Å²) < 4.78 is 10.8. The van der Waals surface area contributed by atoms with E-state index in [9.17, 15) is 4.79 Å². The number of methoxy groups -OCH3 is 1. The number of aromatic amines is 1. The lowest BCUT2D eigenvalue weighted by Crippen LogP contribution is -2.43. The number of rotatable bonds is 4. The SMILES string of the molecule is COc1cccc(C(=O)OC[C@@H]2C=C3c4cccc5[nH]cc(c45)C[C@H]3N(C)C2)c1. The number of carbonyl (C=O) groups excluding carboxylic acids is 1. The summed E-state index contributed by atoms with van der Waals surface area (Å²) in [6.07, 6.45) is 5.46. The molecule has 2 aromatic carbocycles. The molecule has 0 spiro atoms. The number of ether oxygens (including phenoxy) is 2. The van der Waals surface area contributed by atoms with Gasteiger partial charge in [0.2, 0.25) is 0 Å². The predicted molar refractivity (Wildman–Crippen MR) is 113 cm³/mol. The van der Waals surface area contributed by atoms with Gasteiger partial charge in [0.1, 0.15) is 5.75 Å². The van der Waals surface area contributed by atoms with E-state index in [-0.39, 0.29) is 11.9 Å². The van der Waals surface area contributed by atoms with Crippen LogP contribution < -0.4 is 4.74 Å². The molecular weight excluding hydrogens is 364 g/mol. The Labute approximate surface area is 169 Å². The Morgan fingerprint density at radius 2 is 2.10 bits per heavy atom. The summed E-state index contributed by atoms with van der Waals surface area (Å²) in [7, 11) is 3.75. The van der Waals surface area contributed by atoms with Crippen LogP contribution in [0.4, 0.5) is 0 Å². The number of benzene rings is 2. The van der Waals surface area contributed by atoms with E-state index in [1.54, 1.807) is 25.3 Å². The number of hydrogen-bond acceptors (Lipinski definition) is 4. The van der Waals surface area contributed by atoms with Crippen molar-refractivity contribution in [1.82, 2.24) is 9.88 Å². The van der Waals surface area contributed by atoms with Crippen molar-refractivity contribution < 1.29 is 14.3 Å².